The minimum Gasteiger partial charge on any atom is -0.479 e. The quantitative estimate of drug-likeness (QED) is 0.285. The summed E-state index contributed by atoms with van der Waals surface area (Å²) in [6.45, 7) is 6.50. The highest BCUT2D eigenvalue weighted by Gasteiger charge is 1.94. The number of hydrogen-bond acceptors (Lipinski definition) is 3. The van der Waals surface area contributed by atoms with Gasteiger partial charge in [-0.15, -0.1) is 0 Å². The van der Waals surface area contributed by atoms with Gasteiger partial charge in [-0.3, -0.25) is 0 Å². The van der Waals surface area contributed by atoms with Crippen molar-refractivity contribution in [2.45, 2.75) is 27.2 Å². The van der Waals surface area contributed by atoms with Gasteiger partial charge in [0.15, 0.2) is 0 Å². The van der Waals surface area contributed by atoms with Crippen LogP contribution in [0.5, 0.6) is 0 Å². The molecule has 0 amide bonds. The highest BCUT2D eigenvalue weighted by molar-refractivity contribution is 5.72. The molecule has 0 unspecified atom stereocenters. The third-order valence-corrected chi connectivity index (χ3v) is 1.15. The largest absolute Gasteiger partial charge is 0.479 e. The van der Waals surface area contributed by atoms with Crippen molar-refractivity contribution in [3.8, 4) is 0 Å². The Morgan fingerprint density at radius 2 is 2.20 bits per heavy atom. The fourth-order valence-electron chi connectivity index (χ4n) is 0.471. The Hall–Kier alpha value is -0.730. The summed E-state index contributed by atoms with van der Waals surface area (Å²) in [5.74, 6) is 0.965. The molecule has 0 saturated carbocycles. The molecule has 3 heteroatoms. The summed E-state index contributed by atoms with van der Waals surface area (Å²) in [5.41, 5.74) is 0. The molecular formula is C7H15NO2. The first-order valence-corrected chi connectivity index (χ1v) is 3.48. The molecule has 0 fully saturated rings. The summed E-state index contributed by atoms with van der Waals surface area (Å²) in [7, 11) is 0. The summed E-state index contributed by atoms with van der Waals surface area (Å²) >= 11 is 0. The molecule has 0 saturated heterocycles. The number of hydrogen-bond donors (Lipinski definition) is 1. The summed E-state index contributed by atoms with van der Waals surface area (Å²) in [5, 5.41) is 11.0. The monoisotopic (exact) mass is 145 g/mol. The number of ether oxygens (including phenoxy) is 1. The summed E-state index contributed by atoms with van der Waals surface area (Å²) < 4.78 is 5.00. The van der Waals surface area contributed by atoms with Gasteiger partial charge >= 0.3 is 0 Å². The predicted molar refractivity (Wildman–Crippen MR) is 40.3 cm³/mol. The van der Waals surface area contributed by atoms with E-state index < -0.39 is 0 Å². The predicted octanol–water partition coefficient (Wildman–Crippen LogP) is 1.86. The topological polar surface area (TPSA) is 41.8 Å². The minimum absolute atomic E-state index is 0.334. The van der Waals surface area contributed by atoms with Crippen LogP contribution in [0.1, 0.15) is 27.2 Å². The zero-order chi connectivity index (χ0) is 7.98. The van der Waals surface area contributed by atoms with Crippen LogP contribution in [0.3, 0.4) is 0 Å². The molecule has 0 aromatic carbocycles. The normalized spacial score (nSPS) is 12.2. The van der Waals surface area contributed by atoms with Gasteiger partial charge in [0.25, 0.3) is 0 Å². The highest BCUT2D eigenvalue weighted by atomic mass is 16.5. The van der Waals surface area contributed by atoms with E-state index in [4.69, 9.17) is 9.94 Å². The van der Waals surface area contributed by atoms with Gasteiger partial charge < -0.3 is 9.94 Å². The molecule has 0 heterocycles. The van der Waals surface area contributed by atoms with Crippen molar-refractivity contribution in [1.82, 2.24) is 0 Å². The molecule has 10 heavy (non-hydrogen) atoms. The highest BCUT2D eigenvalue weighted by Crippen LogP contribution is 1.98. The van der Waals surface area contributed by atoms with Gasteiger partial charge in [-0.1, -0.05) is 19.0 Å². The maximum Gasteiger partial charge on any atom is 0.222 e. The Labute approximate surface area is 61.7 Å². The Bertz CT molecular complexity index is 110. The lowest BCUT2D eigenvalue weighted by molar-refractivity contribution is 0.240. The molecule has 0 atom stereocenters. The van der Waals surface area contributed by atoms with E-state index in [0.29, 0.717) is 18.4 Å². The standard InChI is InChI=1S/C7H15NO2/c1-6(2)4-5-10-7(3)8-9/h6,9H,4-5H2,1-3H3/b8-7-. The Morgan fingerprint density at radius 1 is 1.60 bits per heavy atom. The zero-order valence-corrected chi connectivity index (χ0v) is 6.79. The Kier molecular flexibility index (Phi) is 4.72. The van der Waals surface area contributed by atoms with Crippen molar-refractivity contribution >= 4 is 5.90 Å². The van der Waals surface area contributed by atoms with E-state index in [9.17, 15) is 0 Å². The van der Waals surface area contributed by atoms with Crippen LogP contribution in [0.25, 0.3) is 0 Å². The van der Waals surface area contributed by atoms with Crippen molar-refractivity contribution in [3.63, 3.8) is 0 Å². The van der Waals surface area contributed by atoms with E-state index in [1.54, 1.807) is 6.92 Å². The third-order valence-electron chi connectivity index (χ3n) is 1.15. The average molecular weight is 145 g/mol. The SMILES string of the molecule is C/C(=N/O)OCCC(C)C. The summed E-state index contributed by atoms with van der Waals surface area (Å²) in [4.78, 5) is 0. The maximum atomic E-state index is 8.16. The second-order valence-corrected chi connectivity index (χ2v) is 2.65. The van der Waals surface area contributed by atoms with E-state index in [1.165, 1.54) is 0 Å². The maximum absolute atomic E-state index is 8.16. The molecule has 0 aromatic rings. The van der Waals surface area contributed by atoms with E-state index in [0.717, 1.165) is 6.42 Å². The summed E-state index contributed by atoms with van der Waals surface area (Å²) in [6.07, 6.45) is 0.993. The lowest BCUT2D eigenvalue weighted by Gasteiger charge is -2.04. The van der Waals surface area contributed by atoms with Crippen LogP contribution in [0.15, 0.2) is 5.16 Å². The molecule has 0 spiro atoms. The Balaban J connectivity index is 3.20. The number of oxime groups is 1. The number of nitrogens with zero attached hydrogens (tertiary/aromatic N) is 1. The van der Waals surface area contributed by atoms with Crippen LogP contribution in [0.2, 0.25) is 0 Å². The summed E-state index contributed by atoms with van der Waals surface area (Å²) in [6, 6.07) is 0. The van der Waals surface area contributed by atoms with Gasteiger partial charge in [-0.25, -0.2) is 0 Å². The van der Waals surface area contributed by atoms with Gasteiger partial charge in [0.2, 0.25) is 5.90 Å². The van der Waals surface area contributed by atoms with Gasteiger partial charge in [-0.05, 0) is 12.3 Å². The molecule has 3 nitrogen and oxygen atoms in total. The van der Waals surface area contributed by atoms with E-state index in [-0.39, 0.29) is 0 Å². The minimum atomic E-state index is 0.334. The molecule has 0 bridgehead atoms. The molecule has 0 aliphatic rings. The van der Waals surface area contributed by atoms with Crippen LogP contribution in [0, 0.1) is 5.92 Å². The fraction of sp³-hybridized carbons (Fsp3) is 0.857. The lowest BCUT2D eigenvalue weighted by Crippen LogP contribution is -2.03. The van der Waals surface area contributed by atoms with Gasteiger partial charge in [0.1, 0.15) is 0 Å². The van der Waals surface area contributed by atoms with Crippen molar-refractivity contribution in [2.75, 3.05) is 6.61 Å². The van der Waals surface area contributed by atoms with Crippen molar-refractivity contribution < 1.29 is 9.94 Å². The molecule has 1 N–H and O–H groups in total. The van der Waals surface area contributed by atoms with Crippen LogP contribution < -0.4 is 0 Å². The van der Waals surface area contributed by atoms with Crippen LogP contribution >= 0.6 is 0 Å². The Morgan fingerprint density at radius 3 is 2.60 bits per heavy atom. The van der Waals surface area contributed by atoms with E-state index in [2.05, 4.69) is 19.0 Å². The molecule has 0 aliphatic heterocycles. The molecule has 60 valence electrons. The number of rotatable bonds is 3. The van der Waals surface area contributed by atoms with Crippen LogP contribution in [-0.4, -0.2) is 17.7 Å². The lowest BCUT2D eigenvalue weighted by atomic mass is 10.1. The second-order valence-electron chi connectivity index (χ2n) is 2.65. The van der Waals surface area contributed by atoms with Gasteiger partial charge in [-0.2, -0.15) is 0 Å². The molecule has 0 aromatic heterocycles. The van der Waals surface area contributed by atoms with Crippen molar-refractivity contribution in [2.24, 2.45) is 11.1 Å². The fourth-order valence-corrected chi connectivity index (χ4v) is 0.471. The molecular weight excluding hydrogens is 130 g/mol. The van der Waals surface area contributed by atoms with Gasteiger partial charge in [0, 0.05) is 6.92 Å². The second kappa shape index (κ2) is 5.09. The smallest absolute Gasteiger partial charge is 0.222 e. The average Bonchev–Trinajstić information content (AvgIpc) is 1.87. The first-order valence-electron chi connectivity index (χ1n) is 3.48. The van der Waals surface area contributed by atoms with E-state index in [1.807, 2.05) is 0 Å². The van der Waals surface area contributed by atoms with Crippen LogP contribution in [0.4, 0.5) is 0 Å². The zero-order valence-electron chi connectivity index (χ0n) is 6.79. The third kappa shape index (κ3) is 5.41. The molecule has 0 aliphatic carbocycles. The molecule has 0 radical (unpaired) electrons. The van der Waals surface area contributed by atoms with Crippen molar-refractivity contribution in [1.29, 1.82) is 0 Å². The van der Waals surface area contributed by atoms with E-state index >= 15 is 0 Å². The first-order chi connectivity index (χ1) is 4.66. The van der Waals surface area contributed by atoms with Gasteiger partial charge in [0.05, 0.1) is 6.61 Å². The first kappa shape index (κ1) is 9.27. The van der Waals surface area contributed by atoms with Crippen LogP contribution in [-0.2, 0) is 4.74 Å². The van der Waals surface area contributed by atoms with Crippen molar-refractivity contribution in [3.05, 3.63) is 0 Å². The molecule has 0 rings (SSSR count).